The van der Waals surface area contributed by atoms with Gasteiger partial charge in [-0.15, -0.1) is 11.3 Å². The molecule has 3 rings (SSSR count). The fourth-order valence-electron chi connectivity index (χ4n) is 3.70. The molecule has 0 aliphatic heterocycles. The molecule has 0 fully saturated rings. The lowest BCUT2D eigenvalue weighted by Gasteiger charge is -2.24. The van der Waals surface area contributed by atoms with Gasteiger partial charge in [-0.3, -0.25) is 5.32 Å². The summed E-state index contributed by atoms with van der Waals surface area (Å²) in [6.07, 6.45) is -0.814. The summed E-state index contributed by atoms with van der Waals surface area (Å²) >= 11 is 0.943. The second-order valence-electron chi connectivity index (χ2n) is 9.14. The average molecular weight is 510 g/mol. The third kappa shape index (κ3) is 5.75. The van der Waals surface area contributed by atoms with Crippen LogP contribution in [0.2, 0.25) is 0 Å². The van der Waals surface area contributed by atoms with Crippen LogP contribution in [0.4, 0.5) is 14.2 Å². The van der Waals surface area contributed by atoms with Gasteiger partial charge in [-0.25, -0.2) is 21.9 Å². The number of rotatable bonds is 6. The zero-order valence-electron chi connectivity index (χ0n) is 19.5. The number of anilines is 1. The molecule has 1 aromatic carbocycles. The van der Waals surface area contributed by atoms with Gasteiger partial charge in [0, 0.05) is 24.0 Å². The minimum Gasteiger partial charge on any atom is -0.444 e. The molecule has 0 saturated heterocycles. The maximum absolute atomic E-state index is 13.7. The smallest absolute Gasteiger partial charge is 0.412 e. The Morgan fingerprint density at radius 2 is 1.97 bits per heavy atom. The van der Waals surface area contributed by atoms with Crippen molar-refractivity contribution in [1.29, 1.82) is 5.26 Å². The third-order valence-corrected chi connectivity index (χ3v) is 8.67. The van der Waals surface area contributed by atoms with Crippen LogP contribution in [0.5, 0.6) is 0 Å². The summed E-state index contributed by atoms with van der Waals surface area (Å²) in [6.45, 7) is 5.14. The number of aliphatic hydroxyl groups is 1. The number of fused-ring (bicyclic) bond motifs is 1. The molecule has 0 bridgehead atoms. The van der Waals surface area contributed by atoms with Crippen LogP contribution < -0.4 is 5.32 Å². The molecule has 184 valence electrons. The minimum absolute atomic E-state index is 0.00841. The second-order valence-corrected chi connectivity index (χ2v) is 12.2. The van der Waals surface area contributed by atoms with Crippen molar-refractivity contribution in [3.05, 3.63) is 46.1 Å². The highest BCUT2D eigenvalue weighted by Gasteiger charge is 2.40. The van der Waals surface area contributed by atoms with E-state index in [0.717, 1.165) is 21.2 Å². The molecule has 34 heavy (non-hydrogen) atoms. The highest BCUT2D eigenvalue weighted by atomic mass is 32.2. The number of likely N-dealkylation sites (N-methyl/N-ethyl adjacent to an activating group) is 1. The van der Waals surface area contributed by atoms with Crippen molar-refractivity contribution in [3.8, 4) is 6.07 Å². The number of aliphatic hydroxyl groups excluding tert-OH is 1. The summed E-state index contributed by atoms with van der Waals surface area (Å²) in [4.78, 5) is 12.6. The molecule has 8 nitrogen and oxygen atoms in total. The Bertz CT molecular complexity index is 1200. The summed E-state index contributed by atoms with van der Waals surface area (Å²) in [5, 5.41) is 22.8. The number of sulfonamides is 1. The number of carbonyl (C=O) groups is 1. The second kappa shape index (κ2) is 10.00. The van der Waals surface area contributed by atoms with Gasteiger partial charge in [0.25, 0.3) is 0 Å². The number of amides is 1. The molecule has 0 saturated carbocycles. The van der Waals surface area contributed by atoms with Gasteiger partial charge in [0.2, 0.25) is 10.0 Å². The lowest BCUT2D eigenvalue weighted by Crippen LogP contribution is -2.31. The largest absolute Gasteiger partial charge is 0.444 e. The maximum atomic E-state index is 13.7. The van der Waals surface area contributed by atoms with E-state index in [1.165, 1.54) is 19.2 Å². The van der Waals surface area contributed by atoms with Gasteiger partial charge in [0.05, 0.1) is 18.1 Å². The van der Waals surface area contributed by atoms with E-state index in [4.69, 9.17) is 4.74 Å². The predicted octanol–water partition coefficient (Wildman–Crippen LogP) is 4.53. The van der Waals surface area contributed by atoms with Crippen molar-refractivity contribution >= 4 is 32.5 Å². The van der Waals surface area contributed by atoms with Crippen LogP contribution in [-0.4, -0.2) is 43.1 Å². The molecular weight excluding hydrogens is 481 g/mol. The first-order valence-electron chi connectivity index (χ1n) is 10.8. The summed E-state index contributed by atoms with van der Waals surface area (Å²) < 4.78 is 47.0. The van der Waals surface area contributed by atoms with E-state index >= 15 is 0 Å². The van der Waals surface area contributed by atoms with Gasteiger partial charge < -0.3 is 9.84 Å². The zero-order chi connectivity index (χ0) is 25.3. The molecular formula is C23H28FN3O5S2. The molecule has 1 aliphatic carbocycles. The molecule has 0 radical (unpaired) electrons. The van der Waals surface area contributed by atoms with Crippen LogP contribution in [0.1, 0.15) is 61.6 Å². The number of benzene rings is 1. The standard InChI is InChI=1S/C23H28FN3O5S2/c1-23(2,3)32-22(29)26-21-20(18-15(13-25)7-10-17(28)19(18)33-21)34(30,31)27(4)12-11-14-5-8-16(24)9-6-14/h5-6,8-9,15,17,28H,7,10-12H2,1-4H3,(H,26,29). The Labute approximate surface area is 203 Å². The fraction of sp³-hybridized carbons (Fsp3) is 0.478. The minimum atomic E-state index is -4.16. The number of halogens is 1. The highest BCUT2D eigenvalue weighted by molar-refractivity contribution is 7.89. The van der Waals surface area contributed by atoms with Crippen molar-refractivity contribution in [1.82, 2.24) is 4.31 Å². The van der Waals surface area contributed by atoms with Gasteiger partial charge in [-0.1, -0.05) is 12.1 Å². The van der Waals surface area contributed by atoms with Crippen LogP contribution in [0.3, 0.4) is 0 Å². The van der Waals surface area contributed by atoms with Gasteiger partial charge in [-0.2, -0.15) is 5.26 Å². The molecule has 1 heterocycles. The molecule has 2 N–H and O–H groups in total. The first kappa shape index (κ1) is 26.1. The van der Waals surface area contributed by atoms with E-state index in [0.29, 0.717) is 24.1 Å². The zero-order valence-corrected chi connectivity index (χ0v) is 21.1. The van der Waals surface area contributed by atoms with Gasteiger partial charge in [0.15, 0.2) is 0 Å². The number of ether oxygens (including phenoxy) is 1. The number of carbonyl (C=O) groups excluding carboxylic acids is 1. The fourth-order valence-corrected chi connectivity index (χ4v) is 6.83. The molecule has 2 atom stereocenters. The van der Waals surface area contributed by atoms with Gasteiger partial charge >= 0.3 is 6.09 Å². The van der Waals surface area contributed by atoms with E-state index < -0.39 is 33.7 Å². The number of nitriles is 1. The Kier molecular flexibility index (Phi) is 7.67. The number of thiophene rings is 1. The molecule has 2 aromatic rings. The van der Waals surface area contributed by atoms with Crippen molar-refractivity contribution < 1.29 is 27.4 Å². The molecule has 1 aromatic heterocycles. The van der Waals surface area contributed by atoms with Crippen LogP contribution in [0.25, 0.3) is 0 Å². The lowest BCUT2D eigenvalue weighted by molar-refractivity contribution is 0.0636. The summed E-state index contributed by atoms with van der Waals surface area (Å²) in [5.74, 6) is -1.12. The monoisotopic (exact) mass is 509 g/mol. The SMILES string of the molecule is CN(CCc1ccc(F)cc1)S(=O)(=O)c1c(NC(=O)OC(C)(C)C)sc2c1C(C#N)CCC2O. The maximum Gasteiger partial charge on any atom is 0.412 e. The highest BCUT2D eigenvalue weighted by Crippen LogP contribution is 2.49. The molecule has 2 unspecified atom stereocenters. The van der Waals surface area contributed by atoms with E-state index in [9.17, 15) is 28.0 Å². The average Bonchev–Trinajstić information content (AvgIpc) is 3.12. The van der Waals surface area contributed by atoms with Crippen LogP contribution >= 0.6 is 11.3 Å². The first-order valence-corrected chi connectivity index (χ1v) is 13.0. The molecule has 1 amide bonds. The van der Waals surface area contributed by atoms with E-state index in [2.05, 4.69) is 11.4 Å². The van der Waals surface area contributed by atoms with E-state index in [1.807, 2.05) is 0 Å². The summed E-state index contributed by atoms with van der Waals surface area (Å²) in [5.41, 5.74) is 0.180. The van der Waals surface area contributed by atoms with Crippen molar-refractivity contribution in [2.45, 2.75) is 62.6 Å². The van der Waals surface area contributed by atoms with Gasteiger partial charge in [0.1, 0.15) is 21.3 Å². The number of hydrogen-bond donors (Lipinski definition) is 2. The van der Waals surface area contributed by atoms with E-state index in [-0.39, 0.29) is 27.8 Å². The van der Waals surface area contributed by atoms with Crippen molar-refractivity contribution in [2.24, 2.45) is 0 Å². The topological polar surface area (TPSA) is 120 Å². The molecule has 1 aliphatic rings. The normalized spacial score (nSPS) is 18.3. The van der Waals surface area contributed by atoms with E-state index in [1.54, 1.807) is 32.9 Å². The third-order valence-electron chi connectivity index (χ3n) is 5.38. The Morgan fingerprint density at radius 3 is 2.56 bits per heavy atom. The number of nitrogens with zero attached hydrogens (tertiary/aromatic N) is 2. The predicted molar refractivity (Wildman–Crippen MR) is 127 cm³/mol. The Balaban J connectivity index is 2.00. The summed E-state index contributed by atoms with van der Waals surface area (Å²) in [6, 6.07) is 7.91. The molecule has 0 spiro atoms. The lowest BCUT2D eigenvalue weighted by atomic mass is 9.87. The van der Waals surface area contributed by atoms with Crippen LogP contribution in [0, 0.1) is 17.1 Å². The van der Waals surface area contributed by atoms with Crippen LogP contribution in [-0.2, 0) is 21.2 Å². The quantitative estimate of drug-likeness (QED) is 0.590. The first-order chi connectivity index (χ1) is 15.8. The Morgan fingerprint density at radius 1 is 1.32 bits per heavy atom. The van der Waals surface area contributed by atoms with Crippen LogP contribution in [0.15, 0.2) is 29.2 Å². The van der Waals surface area contributed by atoms with Crippen molar-refractivity contribution in [3.63, 3.8) is 0 Å². The van der Waals surface area contributed by atoms with Crippen molar-refractivity contribution in [2.75, 3.05) is 18.9 Å². The summed E-state index contributed by atoms with van der Waals surface area (Å²) in [7, 11) is -2.76. The number of hydrogen-bond acceptors (Lipinski definition) is 7. The van der Waals surface area contributed by atoms with Gasteiger partial charge in [-0.05, 0) is 57.7 Å². The molecule has 11 heteroatoms. The number of nitrogens with one attached hydrogen (secondary N) is 1. The Hall–Kier alpha value is -2.52.